The van der Waals surface area contributed by atoms with Gasteiger partial charge in [-0.15, -0.1) is 0 Å². The van der Waals surface area contributed by atoms with Crippen molar-refractivity contribution in [1.29, 1.82) is 0 Å². The number of nitrogens with one attached hydrogen (secondary N) is 4. The number of aromatic nitrogens is 1. The molecule has 1 heterocycles. The van der Waals surface area contributed by atoms with Crippen LogP contribution >= 0.6 is 0 Å². The highest BCUT2D eigenvalue weighted by Crippen LogP contribution is 2.37. The molecule has 5 aromatic rings. The number of hydrogen-bond acceptors (Lipinski definition) is 10. The van der Waals surface area contributed by atoms with Gasteiger partial charge < -0.3 is 40.0 Å². The van der Waals surface area contributed by atoms with Gasteiger partial charge in [0, 0.05) is 59.9 Å². The van der Waals surface area contributed by atoms with Crippen molar-refractivity contribution in [2.24, 2.45) is 0 Å². The second kappa shape index (κ2) is 15.2. The molecule has 50 heavy (non-hydrogen) atoms. The number of carbonyl (C=O) groups is 1. The zero-order chi connectivity index (χ0) is 35.9. The van der Waals surface area contributed by atoms with Crippen molar-refractivity contribution in [3.8, 4) is 28.7 Å². The number of anilines is 5. The number of amides is 2. The minimum atomic E-state index is -3.58. The largest absolute Gasteiger partial charge is 0.497 e. The number of para-hydroxylation sites is 1. The standard InChI is InChI=1S/C36H39N5O8S/c1-36(2,16-18-42)49-26-20-23(19-25(21-26)46-3)38-33-22-24(15-17-37-33)48-32-14-13-29(27-9-6-7-10-28(27)32)39-35(43)40-30-11-8-12-31(34(30)47-4)41-50(5,44)45/h6-15,17,19-22,41-42H,16,18H2,1-5H3,(H,37,38)(H2,39,40,43). The summed E-state index contributed by atoms with van der Waals surface area (Å²) in [6.45, 7) is 3.81. The molecule has 4 aromatic carbocycles. The van der Waals surface area contributed by atoms with Crippen LogP contribution in [0.15, 0.2) is 91.1 Å². The zero-order valence-corrected chi connectivity index (χ0v) is 29.1. The number of rotatable bonds is 14. The number of aliphatic hydroxyl groups is 1. The molecule has 0 unspecified atom stereocenters. The number of aliphatic hydroxyl groups excluding tert-OH is 1. The molecule has 0 aliphatic carbocycles. The van der Waals surface area contributed by atoms with E-state index >= 15 is 0 Å². The monoisotopic (exact) mass is 701 g/mol. The van der Waals surface area contributed by atoms with E-state index in [1.165, 1.54) is 13.2 Å². The van der Waals surface area contributed by atoms with E-state index in [0.29, 0.717) is 46.6 Å². The van der Waals surface area contributed by atoms with Gasteiger partial charge in [-0.2, -0.15) is 0 Å². The minimum Gasteiger partial charge on any atom is -0.497 e. The molecule has 0 radical (unpaired) electrons. The molecule has 0 fully saturated rings. The minimum absolute atomic E-state index is 0.00180. The maximum atomic E-state index is 13.1. The Morgan fingerprint density at radius 1 is 0.820 bits per heavy atom. The Hall–Kier alpha value is -5.73. The summed E-state index contributed by atoms with van der Waals surface area (Å²) >= 11 is 0. The first-order valence-corrected chi connectivity index (χ1v) is 17.4. The molecule has 262 valence electrons. The molecular formula is C36H39N5O8S. The average molecular weight is 702 g/mol. The van der Waals surface area contributed by atoms with Crippen LogP contribution in [0.2, 0.25) is 0 Å². The predicted octanol–water partition coefficient (Wildman–Crippen LogP) is 7.34. The van der Waals surface area contributed by atoms with Crippen molar-refractivity contribution in [3.05, 3.63) is 91.1 Å². The Balaban J connectivity index is 1.34. The first kappa shape index (κ1) is 35.6. The maximum Gasteiger partial charge on any atom is 0.323 e. The second-order valence-electron chi connectivity index (χ2n) is 11.8. The summed E-state index contributed by atoms with van der Waals surface area (Å²) in [7, 11) is -0.622. The van der Waals surface area contributed by atoms with E-state index in [2.05, 4.69) is 25.7 Å². The maximum absolute atomic E-state index is 13.1. The SMILES string of the molecule is COc1cc(Nc2cc(Oc3ccc(NC(=O)Nc4cccc(NS(C)(=O)=O)c4OC)c4ccccc34)ccn2)cc(OC(C)(C)CCO)c1. The Bertz CT molecular complexity index is 2110. The molecule has 5 rings (SSSR count). The third kappa shape index (κ3) is 9.24. The highest BCUT2D eigenvalue weighted by Gasteiger charge is 2.20. The molecule has 0 bridgehead atoms. The van der Waals surface area contributed by atoms with Crippen molar-refractivity contribution in [3.63, 3.8) is 0 Å². The van der Waals surface area contributed by atoms with Gasteiger partial charge in [0.25, 0.3) is 0 Å². The molecule has 0 aliphatic heterocycles. The van der Waals surface area contributed by atoms with Gasteiger partial charge in [0.05, 0.1) is 37.5 Å². The van der Waals surface area contributed by atoms with Gasteiger partial charge in [-0.1, -0.05) is 30.3 Å². The van der Waals surface area contributed by atoms with Gasteiger partial charge in [0.1, 0.15) is 34.4 Å². The van der Waals surface area contributed by atoms with Gasteiger partial charge in [-0.25, -0.2) is 18.2 Å². The van der Waals surface area contributed by atoms with E-state index in [4.69, 9.17) is 18.9 Å². The van der Waals surface area contributed by atoms with Crippen LogP contribution in [0.25, 0.3) is 10.8 Å². The van der Waals surface area contributed by atoms with Crippen LogP contribution in [0.4, 0.5) is 33.4 Å². The molecule has 0 atom stereocenters. The van der Waals surface area contributed by atoms with E-state index in [-0.39, 0.29) is 23.7 Å². The Kier molecular flexibility index (Phi) is 10.8. The van der Waals surface area contributed by atoms with Crippen LogP contribution in [-0.4, -0.2) is 57.2 Å². The summed E-state index contributed by atoms with van der Waals surface area (Å²) in [6, 6.07) is 24.0. The highest BCUT2D eigenvalue weighted by molar-refractivity contribution is 7.92. The second-order valence-corrected chi connectivity index (χ2v) is 13.6. The number of hydrogen-bond donors (Lipinski definition) is 5. The lowest BCUT2D eigenvalue weighted by atomic mass is 10.1. The molecule has 14 heteroatoms. The smallest absolute Gasteiger partial charge is 0.323 e. The van der Waals surface area contributed by atoms with Crippen molar-refractivity contribution < 1.29 is 37.3 Å². The van der Waals surface area contributed by atoms with Crippen LogP contribution in [-0.2, 0) is 10.0 Å². The van der Waals surface area contributed by atoms with Gasteiger partial charge in [0.2, 0.25) is 10.0 Å². The lowest BCUT2D eigenvalue weighted by molar-refractivity contribution is 0.0763. The third-order valence-electron chi connectivity index (χ3n) is 7.35. The number of urea groups is 1. The molecule has 13 nitrogen and oxygen atoms in total. The van der Waals surface area contributed by atoms with E-state index in [1.807, 2.05) is 50.2 Å². The zero-order valence-electron chi connectivity index (χ0n) is 28.2. The summed E-state index contributed by atoms with van der Waals surface area (Å²) in [5.41, 5.74) is 1.08. The quantitative estimate of drug-likeness (QED) is 0.0789. The molecule has 0 saturated carbocycles. The molecule has 1 aromatic heterocycles. The number of ether oxygens (including phenoxy) is 4. The van der Waals surface area contributed by atoms with Crippen LogP contribution < -0.4 is 39.6 Å². The first-order chi connectivity index (χ1) is 23.9. The van der Waals surface area contributed by atoms with Crippen molar-refractivity contribution in [2.75, 3.05) is 47.8 Å². The fourth-order valence-electron chi connectivity index (χ4n) is 5.16. The summed E-state index contributed by atoms with van der Waals surface area (Å²) in [6.07, 6.45) is 3.11. The van der Waals surface area contributed by atoms with E-state index in [1.54, 1.807) is 55.8 Å². The number of nitrogens with zero attached hydrogens (tertiary/aromatic N) is 1. The highest BCUT2D eigenvalue weighted by atomic mass is 32.2. The number of fused-ring (bicyclic) bond motifs is 1. The Morgan fingerprint density at radius 3 is 2.26 bits per heavy atom. The van der Waals surface area contributed by atoms with Gasteiger partial charge in [0.15, 0.2) is 5.75 Å². The summed E-state index contributed by atoms with van der Waals surface area (Å²) < 4.78 is 49.3. The molecule has 0 aliphatic rings. The van der Waals surface area contributed by atoms with Gasteiger partial charge in [-0.3, -0.25) is 4.72 Å². The van der Waals surface area contributed by atoms with E-state index < -0.39 is 21.7 Å². The van der Waals surface area contributed by atoms with E-state index in [0.717, 1.165) is 17.0 Å². The molecule has 0 spiro atoms. The molecule has 2 amide bonds. The lowest BCUT2D eigenvalue weighted by Gasteiger charge is -2.26. The van der Waals surface area contributed by atoms with E-state index in [9.17, 15) is 18.3 Å². The average Bonchev–Trinajstić information content (AvgIpc) is 3.05. The van der Waals surface area contributed by atoms with Crippen LogP contribution in [0.1, 0.15) is 20.3 Å². The fraction of sp³-hybridized carbons (Fsp3) is 0.222. The number of sulfonamides is 1. The van der Waals surface area contributed by atoms with Crippen molar-refractivity contribution in [2.45, 2.75) is 25.9 Å². The number of carbonyl (C=O) groups excluding carboxylic acids is 1. The molecule has 0 saturated heterocycles. The molecular weight excluding hydrogens is 662 g/mol. The van der Waals surface area contributed by atoms with Gasteiger partial charge in [-0.05, 0) is 44.2 Å². The number of benzene rings is 4. The lowest BCUT2D eigenvalue weighted by Crippen LogP contribution is -2.29. The summed E-state index contributed by atoms with van der Waals surface area (Å²) in [5, 5.41) is 19.7. The van der Waals surface area contributed by atoms with Crippen molar-refractivity contribution >= 4 is 55.4 Å². The third-order valence-corrected chi connectivity index (χ3v) is 7.94. The van der Waals surface area contributed by atoms with Gasteiger partial charge >= 0.3 is 6.03 Å². The summed E-state index contributed by atoms with van der Waals surface area (Å²) in [4.78, 5) is 17.6. The Morgan fingerprint density at radius 2 is 1.54 bits per heavy atom. The predicted molar refractivity (Wildman–Crippen MR) is 195 cm³/mol. The first-order valence-electron chi connectivity index (χ1n) is 15.5. The number of pyridine rings is 1. The fourth-order valence-corrected chi connectivity index (χ4v) is 5.72. The van der Waals surface area contributed by atoms with Crippen LogP contribution in [0.3, 0.4) is 0 Å². The van der Waals surface area contributed by atoms with Crippen molar-refractivity contribution in [1.82, 2.24) is 4.98 Å². The topological polar surface area (TPSA) is 169 Å². The summed E-state index contributed by atoms with van der Waals surface area (Å²) in [5.74, 6) is 2.90. The van der Waals surface area contributed by atoms with Crippen LogP contribution in [0, 0.1) is 0 Å². The number of methoxy groups -OCH3 is 2. The normalized spacial score (nSPS) is 11.4. The van der Waals surface area contributed by atoms with Crippen LogP contribution in [0.5, 0.6) is 28.7 Å². The Labute approximate surface area is 290 Å². The molecule has 5 N–H and O–H groups in total.